The highest BCUT2D eigenvalue weighted by atomic mass is 35.5. The predicted octanol–water partition coefficient (Wildman–Crippen LogP) is 3.70. The molecule has 3 saturated heterocycles. The highest BCUT2D eigenvalue weighted by molar-refractivity contribution is 7.89. The Morgan fingerprint density at radius 3 is 2.53 bits per heavy atom. The van der Waals surface area contributed by atoms with E-state index in [1.165, 1.54) is 0 Å². The third-order valence-electron chi connectivity index (χ3n) is 7.45. The number of benzene rings is 1. The lowest BCUT2D eigenvalue weighted by Crippen LogP contribution is -2.35. The molecule has 1 aromatic heterocycles. The number of nitrogens with zero attached hydrogens (tertiary/aromatic N) is 4. The topological polar surface area (TPSA) is 68.8 Å². The van der Waals surface area contributed by atoms with Crippen LogP contribution in [-0.4, -0.2) is 75.0 Å². The summed E-state index contributed by atoms with van der Waals surface area (Å²) >= 11 is 6.21. The maximum atomic E-state index is 13.5. The van der Waals surface area contributed by atoms with Crippen molar-refractivity contribution in [1.29, 1.82) is 0 Å². The predicted molar refractivity (Wildman–Crippen MR) is 137 cm³/mol. The van der Waals surface area contributed by atoms with E-state index in [1.807, 2.05) is 19.1 Å². The third kappa shape index (κ3) is 4.91. The molecular weight excluding hydrogens is 470 g/mol. The summed E-state index contributed by atoms with van der Waals surface area (Å²) in [5, 5.41) is 4.24. The van der Waals surface area contributed by atoms with Crippen LogP contribution in [0.25, 0.3) is 0 Å². The number of hydrogen-bond acceptors (Lipinski definition) is 6. The number of nitrogens with one attached hydrogen (secondary N) is 1. The van der Waals surface area contributed by atoms with Gasteiger partial charge in [-0.05, 0) is 74.4 Å². The number of fused-ring (bicyclic) bond motifs is 1. The van der Waals surface area contributed by atoms with E-state index in [0.29, 0.717) is 35.6 Å². The number of halogens is 1. The molecule has 34 heavy (non-hydrogen) atoms. The molecule has 1 aromatic carbocycles. The Labute approximate surface area is 208 Å². The first-order valence-corrected chi connectivity index (χ1v) is 14.2. The summed E-state index contributed by atoms with van der Waals surface area (Å²) in [5.74, 6) is 1.44. The van der Waals surface area contributed by atoms with Crippen molar-refractivity contribution in [2.24, 2.45) is 11.8 Å². The first-order valence-electron chi connectivity index (χ1n) is 12.3. The first kappa shape index (κ1) is 23.9. The van der Waals surface area contributed by atoms with Crippen LogP contribution in [0.4, 0.5) is 11.5 Å². The van der Waals surface area contributed by atoms with Gasteiger partial charge in [0.15, 0.2) is 0 Å². The van der Waals surface area contributed by atoms with Crippen LogP contribution in [0.5, 0.6) is 0 Å². The average molecular weight is 504 g/mol. The van der Waals surface area contributed by atoms with Crippen LogP contribution in [0.3, 0.4) is 0 Å². The molecule has 3 fully saturated rings. The number of likely N-dealkylation sites (tertiary alicyclic amines) is 1. The van der Waals surface area contributed by atoms with Gasteiger partial charge in [-0.25, -0.2) is 13.4 Å². The minimum Gasteiger partial charge on any atom is -0.385 e. The Bertz CT molecular complexity index is 1110. The number of anilines is 2. The molecular formula is C25H34ClN5O2S. The molecule has 4 heterocycles. The minimum absolute atomic E-state index is 0.371. The van der Waals surface area contributed by atoms with Crippen molar-refractivity contribution in [3.8, 4) is 0 Å². The van der Waals surface area contributed by atoms with Crippen LogP contribution >= 0.6 is 11.6 Å². The molecule has 0 saturated carbocycles. The molecule has 3 aliphatic heterocycles. The van der Waals surface area contributed by atoms with Crippen LogP contribution < -0.4 is 10.2 Å². The largest absolute Gasteiger partial charge is 0.385 e. The summed E-state index contributed by atoms with van der Waals surface area (Å²) in [6.45, 7) is 8.84. The van der Waals surface area contributed by atoms with Crippen molar-refractivity contribution >= 4 is 33.1 Å². The van der Waals surface area contributed by atoms with Gasteiger partial charge in [-0.2, -0.15) is 4.31 Å². The molecule has 0 radical (unpaired) electrons. The second-order valence-electron chi connectivity index (χ2n) is 9.87. The lowest BCUT2D eigenvalue weighted by atomic mass is 10.0. The van der Waals surface area contributed by atoms with Gasteiger partial charge in [-0.15, -0.1) is 0 Å². The van der Waals surface area contributed by atoms with Crippen molar-refractivity contribution in [3.05, 3.63) is 47.1 Å². The number of pyridine rings is 1. The molecule has 9 heteroatoms. The zero-order valence-corrected chi connectivity index (χ0v) is 21.4. The van der Waals surface area contributed by atoms with Gasteiger partial charge in [0, 0.05) is 62.7 Å². The van der Waals surface area contributed by atoms with Gasteiger partial charge < -0.3 is 15.1 Å². The van der Waals surface area contributed by atoms with Gasteiger partial charge in [-0.1, -0.05) is 17.7 Å². The molecule has 7 nitrogen and oxygen atoms in total. The second-order valence-corrected chi connectivity index (χ2v) is 12.2. The molecule has 2 aromatic rings. The van der Waals surface area contributed by atoms with Gasteiger partial charge in [0.1, 0.15) is 10.7 Å². The van der Waals surface area contributed by atoms with Gasteiger partial charge in [0.2, 0.25) is 10.0 Å². The Kier molecular flexibility index (Phi) is 7.02. The summed E-state index contributed by atoms with van der Waals surface area (Å²) < 4.78 is 28.8. The van der Waals surface area contributed by atoms with Gasteiger partial charge in [-0.3, -0.25) is 0 Å². The summed E-state index contributed by atoms with van der Waals surface area (Å²) in [7, 11) is -3.53. The molecule has 2 atom stereocenters. The lowest BCUT2D eigenvalue weighted by Gasteiger charge is -2.24. The summed E-state index contributed by atoms with van der Waals surface area (Å²) in [5.41, 5.74) is 2.14. The van der Waals surface area contributed by atoms with Gasteiger partial charge in [0.05, 0.1) is 0 Å². The minimum atomic E-state index is -3.53. The molecule has 0 amide bonds. The number of aryl methyl sites for hydroxylation is 1. The standard InChI is InChI=1S/C25H34ClN5O2S/c1-19-7-8-22(14-23(19)26)27-10-5-11-29-15-20-17-31(18-21(20)16-29)34(32,33)24-6-4-9-28-25(24)30-12-2-3-13-30/h4,6-9,14,20-21,27H,2-3,5,10-13,15-18H2,1H3. The molecule has 1 N–H and O–H groups in total. The van der Waals surface area contributed by atoms with E-state index < -0.39 is 10.0 Å². The fourth-order valence-corrected chi connectivity index (χ4v) is 7.45. The van der Waals surface area contributed by atoms with Crippen molar-refractivity contribution in [2.45, 2.75) is 31.1 Å². The Balaban J connectivity index is 1.13. The van der Waals surface area contributed by atoms with E-state index in [0.717, 1.165) is 74.8 Å². The highest BCUT2D eigenvalue weighted by Gasteiger charge is 2.44. The zero-order chi connectivity index (χ0) is 23.7. The molecule has 184 valence electrons. The zero-order valence-electron chi connectivity index (χ0n) is 19.8. The number of aromatic nitrogens is 1. The van der Waals surface area contributed by atoms with E-state index in [4.69, 9.17) is 11.6 Å². The van der Waals surface area contributed by atoms with E-state index in [1.54, 1.807) is 22.6 Å². The van der Waals surface area contributed by atoms with Crippen molar-refractivity contribution < 1.29 is 8.42 Å². The van der Waals surface area contributed by atoms with E-state index >= 15 is 0 Å². The van der Waals surface area contributed by atoms with Gasteiger partial charge >= 0.3 is 0 Å². The maximum Gasteiger partial charge on any atom is 0.246 e. The molecule has 3 aliphatic rings. The quantitative estimate of drug-likeness (QED) is 0.554. The SMILES string of the molecule is Cc1ccc(NCCCN2CC3CN(S(=O)(=O)c4cccnc4N4CCCC4)CC3C2)cc1Cl. The molecule has 0 aliphatic carbocycles. The number of sulfonamides is 1. The summed E-state index contributed by atoms with van der Waals surface area (Å²) in [6, 6.07) is 9.54. The third-order valence-corrected chi connectivity index (χ3v) is 9.71. The van der Waals surface area contributed by atoms with E-state index in [9.17, 15) is 8.42 Å². The van der Waals surface area contributed by atoms with Crippen molar-refractivity contribution in [3.63, 3.8) is 0 Å². The smallest absolute Gasteiger partial charge is 0.246 e. The first-order chi connectivity index (χ1) is 16.4. The number of hydrogen-bond donors (Lipinski definition) is 1. The van der Waals surface area contributed by atoms with E-state index in [-0.39, 0.29) is 0 Å². The lowest BCUT2D eigenvalue weighted by molar-refractivity contribution is 0.296. The Morgan fingerprint density at radius 2 is 1.82 bits per heavy atom. The summed E-state index contributed by atoms with van der Waals surface area (Å²) in [4.78, 5) is 9.43. The monoisotopic (exact) mass is 503 g/mol. The molecule has 5 rings (SSSR count). The maximum absolute atomic E-state index is 13.5. The molecule has 0 bridgehead atoms. The van der Waals surface area contributed by atoms with E-state index in [2.05, 4.69) is 26.2 Å². The Morgan fingerprint density at radius 1 is 1.09 bits per heavy atom. The van der Waals surface area contributed by atoms with Crippen LogP contribution in [0, 0.1) is 18.8 Å². The van der Waals surface area contributed by atoms with Crippen LogP contribution in [0.2, 0.25) is 5.02 Å². The Hall–Kier alpha value is -1.87. The fraction of sp³-hybridized carbons (Fsp3) is 0.560. The highest BCUT2D eigenvalue weighted by Crippen LogP contribution is 2.36. The summed E-state index contributed by atoms with van der Waals surface area (Å²) in [6.07, 6.45) is 4.93. The molecule has 2 unspecified atom stereocenters. The van der Waals surface area contributed by atoms with Crippen molar-refractivity contribution in [1.82, 2.24) is 14.2 Å². The number of rotatable bonds is 8. The fourth-order valence-electron chi connectivity index (χ4n) is 5.55. The average Bonchev–Trinajstić information content (AvgIpc) is 3.56. The normalized spacial score (nSPS) is 23.5. The van der Waals surface area contributed by atoms with Crippen molar-refractivity contribution in [2.75, 3.05) is 62.6 Å². The van der Waals surface area contributed by atoms with Crippen LogP contribution in [-0.2, 0) is 10.0 Å². The van der Waals surface area contributed by atoms with Crippen LogP contribution in [0.1, 0.15) is 24.8 Å². The van der Waals surface area contributed by atoms with Crippen LogP contribution in [0.15, 0.2) is 41.4 Å². The molecule has 0 spiro atoms. The second kappa shape index (κ2) is 10.0. The van der Waals surface area contributed by atoms with Gasteiger partial charge in [0.25, 0.3) is 0 Å².